The Morgan fingerprint density at radius 2 is 2.00 bits per heavy atom. The van der Waals surface area contributed by atoms with Crippen LogP contribution in [0.1, 0.15) is 18.4 Å². The predicted molar refractivity (Wildman–Crippen MR) is 53.9 cm³/mol. The van der Waals surface area contributed by atoms with Crippen molar-refractivity contribution in [2.24, 2.45) is 5.73 Å². The van der Waals surface area contributed by atoms with Crippen molar-refractivity contribution in [1.29, 1.82) is 0 Å². The molecule has 1 heterocycles. The summed E-state index contributed by atoms with van der Waals surface area (Å²) in [5.74, 6) is 0.463. The van der Waals surface area contributed by atoms with E-state index in [1.807, 2.05) is 0 Å². The van der Waals surface area contributed by atoms with Crippen molar-refractivity contribution in [3.05, 3.63) is 23.9 Å². The summed E-state index contributed by atoms with van der Waals surface area (Å²) in [7, 11) is 0. The normalized spacial score (nSPS) is 25.0. The number of halogens is 3. The zero-order valence-electron chi connectivity index (χ0n) is 8.46. The van der Waals surface area contributed by atoms with Gasteiger partial charge < -0.3 is 11.1 Å². The predicted octanol–water partition coefficient (Wildman–Crippen LogP) is 2.00. The molecule has 6 heteroatoms. The Bertz CT molecular complexity index is 355. The molecule has 0 saturated heterocycles. The number of alkyl halides is 3. The van der Waals surface area contributed by atoms with Gasteiger partial charge in [-0.05, 0) is 25.0 Å². The van der Waals surface area contributed by atoms with E-state index in [4.69, 9.17) is 5.73 Å². The Hall–Kier alpha value is -1.30. The zero-order valence-corrected chi connectivity index (χ0v) is 8.46. The lowest BCUT2D eigenvalue weighted by Crippen LogP contribution is -2.44. The van der Waals surface area contributed by atoms with Crippen LogP contribution >= 0.6 is 0 Å². The van der Waals surface area contributed by atoms with E-state index in [2.05, 4.69) is 10.3 Å². The topological polar surface area (TPSA) is 50.9 Å². The molecule has 1 aromatic rings. The van der Waals surface area contributed by atoms with Gasteiger partial charge in [0.1, 0.15) is 5.82 Å². The Morgan fingerprint density at radius 1 is 1.31 bits per heavy atom. The molecule has 3 N–H and O–H groups in total. The Balaban J connectivity index is 1.97. The smallest absolute Gasteiger partial charge is 0.367 e. The van der Waals surface area contributed by atoms with E-state index in [0.717, 1.165) is 25.1 Å². The quantitative estimate of drug-likeness (QED) is 0.818. The molecule has 88 valence electrons. The lowest BCUT2D eigenvalue weighted by Gasteiger charge is -2.33. The summed E-state index contributed by atoms with van der Waals surface area (Å²) in [6.07, 6.45) is -1.82. The minimum absolute atomic E-state index is 0.201. The van der Waals surface area contributed by atoms with Crippen molar-refractivity contribution >= 4 is 5.82 Å². The first-order valence-corrected chi connectivity index (χ1v) is 5.00. The molecule has 16 heavy (non-hydrogen) atoms. The van der Waals surface area contributed by atoms with E-state index in [9.17, 15) is 13.2 Å². The molecule has 0 radical (unpaired) electrons. The summed E-state index contributed by atoms with van der Waals surface area (Å²) in [5.41, 5.74) is 4.86. The molecule has 2 rings (SSSR count). The number of anilines is 1. The van der Waals surface area contributed by atoms with Crippen LogP contribution in [-0.4, -0.2) is 17.1 Å². The highest BCUT2D eigenvalue weighted by Crippen LogP contribution is 2.29. The third-order valence-electron chi connectivity index (χ3n) is 2.62. The van der Waals surface area contributed by atoms with Gasteiger partial charge in [-0.15, -0.1) is 0 Å². The van der Waals surface area contributed by atoms with Gasteiger partial charge in [0.15, 0.2) is 0 Å². The molecule has 0 bridgehead atoms. The maximum atomic E-state index is 12.2. The Morgan fingerprint density at radius 3 is 2.44 bits per heavy atom. The first-order valence-electron chi connectivity index (χ1n) is 5.00. The standard InChI is InChI=1S/C10H12F3N3/c11-10(12,13)6-1-2-9(15-5-6)16-8-3-7(14)4-8/h1-2,5,7-8H,3-4,14H2,(H,15,16). The second kappa shape index (κ2) is 3.93. The highest BCUT2D eigenvalue weighted by molar-refractivity contribution is 5.38. The number of nitrogens with two attached hydrogens (primary N) is 1. The third-order valence-corrected chi connectivity index (χ3v) is 2.62. The van der Waals surface area contributed by atoms with Crippen molar-refractivity contribution in [3.8, 4) is 0 Å². The fourth-order valence-corrected chi connectivity index (χ4v) is 1.64. The van der Waals surface area contributed by atoms with Crippen molar-refractivity contribution in [2.75, 3.05) is 5.32 Å². The number of nitrogens with zero attached hydrogens (tertiary/aromatic N) is 1. The van der Waals surface area contributed by atoms with E-state index < -0.39 is 11.7 Å². The highest BCUT2D eigenvalue weighted by Gasteiger charge is 2.31. The van der Waals surface area contributed by atoms with E-state index >= 15 is 0 Å². The van der Waals surface area contributed by atoms with Crippen LogP contribution in [0.3, 0.4) is 0 Å². The van der Waals surface area contributed by atoms with Crippen LogP contribution in [-0.2, 0) is 6.18 Å². The van der Waals surface area contributed by atoms with E-state index in [-0.39, 0.29) is 12.1 Å². The second-order valence-corrected chi connectivity index (χ2v) is 4.00. The molecule has 0 amide bonds. The zero-order chi connectivity index (χ0) is 11.8. The molecule has 1 fully saturated rings. The van der Waals surface area contributed by atoms with E-state index in [1.165, 1.54) is 6.07 Å². The number of aromatic nitrogens is 1. The molecule has 1 saturated carbocycles. The first kappa shape index (κ1) is 11.2. The summed E-state index contributed by atoms with van der Waals surface area (Å²) in [6, 6.07) is 2.80. The molecule has 0 unspecified atom stereocenters. The fraction of sp³-hybridized carbons (Fsp3) is 0.500. The molecule has 0 aliphatic heterocycles. The van der Waals surface area contributed by atoms with Crippen LogP contribution in [0.4, 0.5) is 19.0 Å². The summed E-state index contributed by atoms with van der Waals surface area (Å²) in [5, 5.41) is 3.03. The number of hydrogen-bond donors (Lipinski definition) is 2. The molecule has 0 spiro atoms. The average molecular weight is 231 g/mol. The molecule has 1 aliphatic rings. The molecule has 3 nitrogen and oxygen atoms in total. The molecule has 0 atom stereocenters. The van der Waals surface area contributed by atoms with E-state index in [1.54, 1.807) is 0 Å². The Kier molecular flexibility index (Phi) is 2.75. The molecular weight excluding hydrogens is 219 g/mol. The lowest BCUT2D eigenvalue weighted by atomic mass is 9.88. The van der Waals surface area contributed by atoms with Gasteiger partial charge in [-0.2, -0.15) is 13.2 Å². The largest absolute Gasteiger partial charge is 0.417 e. The van der Waals surface area contributed by atoms with E-state index in [0.29, 0.717) is 5.82 Å². The number of rotatable bonds is 2. The van der Waals surface area contributed by atoms with Gasteiger partial charge in [0.05, 0.1) is 5.56 Å². The van der Waals surface area contributed by atoms with Crippen molar-refractivity contribution in [3.63, 3.8) is 0 Å². The summed E-state index contributed by atoms with van der Waals surface area (Å²) in [4.78, 5) is 3.72. The number of hydrogen-bond acceptors (Lipinski definition) is 3. The Labute approximate surface area is 90.9 Å². The number of pyridine rings is 1. The minimum Gasteiger partial charge on any atom is -0.367 e. The summed E-state index contributed by atoms with van der Waals surface area (Å²) >= 11 is 0. The van der Waals surface area contributed by atoms with Gasteiger partial charge in [0, 0.05) is 18.3 Å². The lowest BCUT2D eigenvalue weighted by molar-refractivity contribution is -0.137. The summed E-state index contributed by atoms with van der Waals surface area (Å²) < 4.78 is 36.7. The maximum absolute atomic E-state index is 12.2. The highest BCUT2D eigenvalue weighted by atomic mass is 19.4. The monoisotopic (exact) mass is 231 g/mol. The van der Waals surface area contributed by atoms with Crippen molar-refractivity contribution < 1.29 is 13.2 Å². The summed E-state index contributed by atoms with van der Waals surface area (Å²) in [6.45, 7) is 0. The van der Waals surface area contributed by atoms with Crippen LogP contribution in [0, 0.1) is 0 Å². The van der Waals surface area contributed by atoms with Crippen LogP contribution < -0.4 is 11.1 Å². The van der Waals surface area contributed by atoms with Gasteiger partial charge in [0.2, 0.25) is 0 Å². The van der Waals surface area contributed by atoms with Gasteiger partial charge >= 0.3 is 6.18 Å². The molecule has 1 aliphatic carbocycles. The van der Waals surface area contributed by atoms with Crippen LogP contribution in [0.2, 0.25) is 0 Å². The van der Waals surface area contributed by atoms with Crippen molar-refractivity contribution in [2.45, 2.75) is 31.1 Å². The van der Waals surface area contributed by atoms with Gasteiger partial charge in [-0.1, -0.05) is 0 Å². The van der Waals surface area contributed by atoms with Crippen molar-refractivity contribution in [1.82, 2.24) is 4.98 Å². The molecular formula is C10H12F3N3. The van der Waals surface area contributed by atoms with Gasteiger partial charge in [-0.3, -0.25) is 0 Å². The first-order chi connectivity index (χ1) is 7.45. The van der Waals surface area contributed by atoms with Gasteiger partial charge in [-0.25, -0.2) is 4.98 Å². The minimum atomic E-state index is -4.33. The van der Waals surface area contributed by atoms with Gasteiger partial charge in [0.25, 0.3) is 0 Å². The fourth-order valence-electron chi connectivity index (χ4n) is 1.64. The van der Waals surface area contributed by atoms with Crippen LogP contribution in [0.15, 0.2) is 18.3 Å². The molecule has 0 aromatic carbocycles. The molecule has 1 aromatic heterocycles. The maximum Gasteiger partial charge on any atom is 0.417 e. The third kappa shape index (κ3) is 2.44. The average Bonchev–Trinajstić information content (AvgIpc) is 2.15. The van der Waals surface area contributed by atoms with Crippen LogP contribution in [0.5, 0.6) is 0 Å². The SMILES string of the molecule is NC1CC(Nc2ccc(C(F)(F)F)cn2)C1. The van der Waals surface area contributed by atoms with Crippen LogP contribution in [0.25, 0.3) is 0 Å². The number of nitrogens with one attached hydrogen (secondary N) is 1. The second-order valence-electron chi connectivity index (χ2n) is 4.00.